The Morgan fingerprint density at radius 3 is 2.68 bits per heavy atom. The van der Waals surface area contributed by atoms with Crippen LogP contribution in [0.5, 0.6) is 0 Å². The van der Waals surface area contributed by atoms with E-state index in [1.54, 1.807) is 20.0 Å². The number of hydrogen-bond donors (Lipinski definition) is 1. The maximum absolute atomic E-state index is 11.0. The highest BCUT2D eigenvalue weighted by atomic mass is 16.6. The molecule has 0 bridgehead atoms. The summed E-state index contributed by atoms with van der Waals surface area (Å²) in [6.07, 6.45) is 5.43. The van der Waals surface area contributed by atoms with E-state index in [1.807, 2.05) is 0 Å². The van der Waals surface area contributed by atoms with Crippen molar-refractivity contribution in [3.8, 4) is 0 Å². The van der Waals surface area contributed by atoms with Gasteiger partial charge < -0.3 is 5.32 Å². The second kappa shape index (κ2) is 5.25. The smallest absolute Gasteiger partial charge is 0.278 e. The van der Waals surface area contributed by atoms with Gasteiger partial charge in [-0.15, -0.1) is 0 Å². The van der Waals surface area contributed by atoms with Crippen molar-refractivity contribution < 1.29 is 4.92 Å². The van der Waals surface area contributed by atoms with Gasteiger partial charge in [0.25, 0.3) is 5.69 Å². The van der Waals surface area contributed by atoms with Crippen LogP contribution in [0.15, 0.2) is 6.20 Å². The van der Waals surface area contributed by atoms with E-state index in [0.29, 0.717) is 23.1 Å². The second-order valence-corrected chi connectivity index (χ2v) is 5.89. The summed E-state index contributed by atoms with van der Waals surface area (Å²) >= 11 is 0. The minimum Gasteiger partial charge on any atom is -0.311 e. The van der Waals surface area contributed by atoms with Crippen LogP contribution in [0.3, 0.4) is 0 Å². The topological polar surface area (TPSA) is 68.1 Å². The third-order valence-electron chi connectivity index (χ3n) is 4.16. The summed E-state index contributed by atoms with van der Waals surface area (Å²) in [5, 5.41) is 14.4. The van der Waals surface area contributed by atoms with Gasteiger partial charge in [-0.25, -0.2) is 0 Å². The monoisotopic (exact) mass is 263 g/mol. The molecule has 5 nitrogen and oxygen atoms in total. The summed E-state index contributed by atoms with van der Waals surface area (Å²) in [6.45, 7) is 7.34. The summed E-state index contributed by atoms with van der Waals surface area (Å²) in [5.74, 6) is 0. The highest BCUT2D eigenvalue weighted by Gasteiger charge is 2.31. The molecule has 1 aliphatic carbocycles. The minimum absolute atomic E-state index is 0.196. The molecule has 5 heteroatoms. The summed E-state index contributed by atoms with van der Waals surface area (Å²) in [7, 11) is 0. The van der Waals surface area contributed by atoms with E-state index in [0.717, 1.165) is 12.2 Å². The lowest BCUT2D eigenvalue weighted by atomic mass is 9.70. The predicted molar refractivity (Wildman–Crippen MR) is 74.0 cm³/mol. The van der Waals surface area contributed by atoms with Crippen molar-refractivity contribution in [3.63, 3.8) is 0 Å². The van der Waals surface area contributed by atoms with Gasteiger partial charge in [-0.05, 0) is 32.1 Å². The van der Waals surface area contributed by atoms with Crippen molar-refractivity contribution in [2.45, 2.75) is 46.6 Å². The fraction of sp³-hybridized carbons (Fsp3) is 0.643. The zero-order valence-corrected chi connectivity index (χ0v) is 11.8. The predicted octanol–water partition coefficient (Wildman–Crippen LogP) is 2.89. The fourth-order valence-electron chi connectivity index (χ4n) is 2.66. The number of pyridine rings is 1. The van der Waals surface area contributed by atoms with Crippen LogP contribution in [0, 0.1) is 29.4 Å². The molecule has 104 valence electrons. The minimum atomic E-state index is -0.316. The summed E-state index contributed by atoms with van der Waals surface area (Å²) in [6, 6.07) is 0. The Morgan fingerprint density at radius 2 is 2.16 bits per heavy atom. The van der Waals surface area contributed by atoms with Crippen LogP contribution < -0.4 is 5.32 Å². The molecule has 1 heterocycles. The molecule has 19 heavy (non-hydrogen) atoms. The molecule has 1 N–H and O–H groups in total. The molecule has 1 aliphatic rings. The standard InChI is InChI=1S/C14H21N3O2/c1-10-7-16-12(11(2)13(10)17(18)19)8-15-9-14(3)5-4-6-14/h7,15H,4-6,8-9H2,1-3H3. The number of nitrogens with zero attached hydrogens (tertiary/aromatic N) is 2. The van der Waals surface area contributed by atoms with Gasteiger partial charge in [0.15, 0.2) is 0 Å². The van der Waals surface area contributed by atoms with E-state index >= 15 is 0 Å². The summed E-state index contributed by atoms with van der Waals surface area (Å²) in [4.78, 5) is 15.0. The number of nitro groups is 1. The maximum Gasteiger partial charge on any atom is 0.278 e. The molecule has 0 radical (unpaired) electrons. The van der Waals surface area contributed by atoms with Gasteiger partial charge in [-0.3, -0.25) is 15.1 Å². The fourth-order valence-corrected chi connectivity index (χ4v) is 2.66. The molecule has 0 unspecified atom stereocenters. The molecule has 1 saturated carbocycles. The Balaban J connectivity index is 2.04. The molecule has 0 atom stereocenters. The van der Waals surface area contributed by atoms with Crippen LogP contribution in [0.1, 0.15) is 43.0 Å². The maximum atomic E-state index is 11.0. The lowest BCUT2D eigenvalue weighted by Crippen LogP contribution is -2.37. The molecular formula is C14H21N3O2. The van der Waals surface area contributed by atoms with E-state index in [1.165, 1.54) is 19.3 Å². The molecule has 0 aliphatic heterocycles. The zero-order chi connectivity index (χ0) is 14.0. The highest BCUT2D eigenvalue weighted by Crippen LogP contribution is 2.39. The highest BCUT2D eigenvalue weighted by molar-refractivity contribution is 5.47. The average molecular weight is 263 g/mol. The summed E-state index contributed by atoms with van der Waals surface area (Å²) in [5.41, 5.74) is 2.68. The summed E-state index contributed by atoms with van der Waals surface area (Å²) < 4.78 is 0. The first kappa shape index (κ1) is 13.9. The van der Waals surface area contributed by atoms with Crippen LogP contribution in [-0.2, 0) is 6.54 Å². The first-order valence-corrected chi connectivity index (χ1v) is 6.73. The van der Waals surface area contributed by atoms with Gasteiger partial charge in [0.05, 0.1) is 10.6 Å². The molecule has 0 spiro atoms. The molecule has 0 amide bonds. The number of aryl methyl sites for hydroxylation is 1. The van der Waals surface area contributed by atoms with Crippen LogP contribution in [-0.4, -0.2) is 16.5 Å². The number of hydrogen-bond acceptors (Lipinski definition) is 4. The Bertz CT molecular complexity index is 496. The number of rotatable bonds is 5. The van der Waals surface area contributed by atoms with E-state index < -0.39 is 0 Å². The molecule has 2 rings (SSSR count). The average Bonchev–Trinajstić information content (AvgIpc) is 2.29. The SMILES string of the molecule is Cc1cnc(CNCC2(C)CCC2)c(C)c1[N+](=O)[O-]. The molecular weight excluding hydrogens is 242 g/mol. The Morgan fingerprint density at radius 1 is 1.47 bits per heavy atom. The third-order valence-corrected chi connectivity index (χ3v) is 4.16. The van der Waals surface area contributed by atoms with Crippen LogP contribution >= 0.6 is 0 Å². The number of nitrogens with one attached hydrogen (secondary N) is 1. The van der Waals surface area contributed by atoms with Gasteiger partial charge >= 0.3 is 0 Å². The van der Waals surface area contributed by atoms with Crippen molar-refractivity contribution in [2.75, 3.05) is 6.54 Å². The molecule has 0 saturated heterocycles. The molecule has 1 aromatic heterocycles. The van der Waals surface area contributed by atoms with Crippen molar-refractivity contribution in [2.24, 2.45) is 5.41 Å². The third kappa shape index (κ3) is 2.92. The number of aromatic nitrogens is 1. The zero-order valence-electron chi connectivity index (χ0n) is 11.8. The molecule has 1 fully saturated rings. The second-order valence-electron chi connectivity index (χ2n) is 5.89. The van der Waals surface area contributed by atoms with E-state index in [4.69, 9.17) is 0 Å². The van der Waals surface area contributed by atoms with Gasteiger partial charge in [0.2, 0.25) is 0 Å². The van der Waals surface area contributed by atoms with E-state index in [2.05, 4.69) is 17.2 Å². The lowest BCUT2D eigenvalue weighted by molar-refractivity contribution is -0.386. The largest absolute Gasteiger partial charge is 0.311 e. The van der Waals surface area contributed by atoms with Crippen molar-refractivity contribution in [1.29, 1.82) is 0 Å². The van der Waals surface area contributed by atoms with E-state index in [-0.39, 0.29) is 10.6 Å². The first-order valence-electron chi connectivity index (χ1n) is 6.73. The van der Waals surface area contributed by atoms with Crippen molar-refractivity contribution in [1.82, 2.24) is 10.3 Å². The molecule has 0 aromatic carbocycles. The van der Waals surface area contributed by atoms with Gasteiger partial charge in [-0.2, -0.15) is 0 Å². The first-order chi connectivity index (χ1) is 8.93. The lowest BCUT2D eigenvalue weighted by Gasteiger charge is -2.38. The van der Waals surface area contributed by atoms with Crippen LogP contribution in [0.25, 0.3) is 0 Å². The van der Waals surface area contributed by atoms with Crippen LogP contribution in [0.4, 0.5) is 5.69 Å². The normalized spacial score (nSPS) is 17.0. The van der Waals surface area contributed by atoms with Crippen molar-refractivity contribution >= 4 is 5.69 Å². The van der Waals surface area contributed by atoms with Crippen molar-refractivity contribution in [3.05, 3.63) is 33.1 Å². The quantitative estimate of drug-likeness (QED) is 0.655. The van der Waals surface area contributed by atoms with Gasteiger partial charge in [-0.1, -0.05) is 13.3 Å². The van der Waals surface area contributed by atoms with Gasteiger partial charge in [0.1, 0.15) is 0 Å². The van der Waals surface area contributed by atoms with Gasteiger partial charge in [0, 0.05) is 30.4 Å². The van der Waals surface area contributed by atoms with Crippen LogP contribution in [0.2, 0.25) is 0 Å². The Kier molecular flexibility index (Phi) is 3.85. The molecule has 1 aromatic rings. The Hall–Kier alpha value is -1.49. The Labute approximate surface area is 113 Å². The van der Waals surface area contributed by atoms with E-state index in [9.17, 15) is 10.1 Å².